The van der Waals surface area contributed by atoms with Gasteiger partial charge in [0.2, 0.25) is 5.78 Å². The van der Waals surface area contributed by atoms with Crippen LogP contribution >= 0.6 is 11.3 Å². The molecule has 0 fully saturated rings. The standard InChI is InChI=1S/C17H13F3N2O2S/c1-22-15(17(18,19)20)9-12(21-22)13-7-8-14(25-13)16(23)10-3-5-11(24-2)6-4-10/h3-9H,1-2H3. The molecule has 130 valence electrons. The molecule has 4 nitrogen and oxygen atoms in total. The van der Waals surface area contributed by atoms with Crippen molar-refractivity contribution in [1.82, 2.24) is 9.78 Å². The highest BCUT2D eigenvalue weighted by Crippen LogP contribution is 2.34. The molecule has 0 bridgehead atoms. The Hall–Kier alpha value is -2.61. The van der Waals surface area contributed by atoms with Crippen LogP contribution in [-0.4, -0.2) is 22.7 Å². The van der Waals surface area contributed by atoms with Gasteiger partial charge in [-0.3, -0.25) is 9.48 Å². The van der Waals surface area contributed by atoms with Crippen molar-refractivity contribution in [3.8, 4) is 16.3 Å². The summed E-state index contributed by atoms with van der Waals surface area (Å²) >= 11 is 1.11. The molecule has 25 heavy (non-hydrogen) atoms. The first-order valence-corrected chi connectivity index (χ1v) is 8.01. The Bertz CT molecular complexity index is 911. The van der Waals surface area contributed by atoms with Crippen molar-refractivity contribution in [3.05, 3.63) is 58.6 Å². The van der Waals surface area contributed by atoms with Gasteiger partial charge in [0.15, 0.2) is 0 Å². The summed E-state index contributed by atoms with van der Waals surface area (Å²) in [4.78, 5) is 13.4. The van der Waals surface area contributed by atoms with E-state index >= 15 is 0 Å². The third-order valence-electron chi connectivity index (χ3n) is 3.60. The van der Waals surface area contributed by atoms with Gasteiger partial charge in [-0.25, -0.2) is 0 Å². The van der Waals surface area contributed by atoms with Crippen LogP contribution in [0.3, 0.4) is 0 Å². The van der Waals surface area contributed by atoms with Gasteiger partial charge in [-0.1, -0.05) is 0 Å². The van der Waals surface area contributed by atoms with Gasteiger partial charge >= 0.3 is 6.18 Å². The number of benzene rings is 1. The van der Waals surface area contributed by atoms with Crippen LogP contribution in [0.4, 0.5) is 13.2 Å². The second kappa shape index (κ2) is 6.36. The lowest BCUT2D eigenvalue weighted by atomic mass is 10.1. The van der Waals surface area contributed by atoms with E-state index in [2.05, 4.69) is 5.10 Å². The zero-order chi connectivity index (χ0) is 18.2. The van der Waals surface area contributed by atoms with Gasteiger partial charge in [-0.15, -0.1) is 11.3 Å². The van der Waals surface area contributed by atoms with Crippen LogP contribution in [-0.2, 0) is 13.2 Å². The number of ether oxygens (including phenoxy) is 1. The van der Waals surface area contributed by atoms with Gasteiger partial charge in [-0.05, 0) is 42.5 Å². The van der Waals surface area contributed by atoms with Gasteiger partial charge in [0, 0.05) is 12.6 Å². The van der Waals surface area contributed by atoms with E-state index in [1.54, 1.807) is 36.4 Å². The molecule has 0 saturated heterocycles. The molecule has 0 atom stereocenters. The topological polar surface area (TPSA) is 44.1 Å². The van der Waals surface area contributed by atoms with Crippen LogP contribution in [0.5, 0.6) is 5.75 Å². The lowest BCUT2D eigenvalue weighted by Crippen LogP contribution is -2.11. The fraction of sp³-hybridized carbons (Fsp3) is 0.176. The Morgan fingerprint density at radius 2 is 1.84 bits per heavy atom. The maximum absolute atomic E-state index is 12.9. The Morgan fingerprint density at radius 3 is 2.40 bits per heavy atom. The number of hydrogen-bond acceptors (Lipinski definition) is 4. The van der Waals surface area contributed by atoms with Crippen LogP contribution in [0, 0.1) is 0 Å². The van der Waals surface area contributed by atoms with E-state index in [-0.39, 0.29) is 11.5 Å². The number of nitrogens with zero attached hydrogens (tertiary/aromatic N) is 2. The summed E-state index contributed by atoms with van der Waals surface area (Å²) in [6, 6.07) is 10.8. The van der Waals surface area contributed by atoms with Gasteiger partial charge in [0.05, 0.1) is 16.9 Å². The van der Waals surface area contributed by atoms with Crippen molar-refractivity contribution >= 4 is 17.1 Å². The number of rotatable bonds is 4. The highest BCUT2D eigenvalue weighted by molar-refractivity contribution is 7.17. The zero-order valence-electron chi connectivity index (χ0n) is 13.3. The molecule has 3 rings (SSSR count). The van der Waals surface area contributed by atoms with Gasteiger partial charge in [0.1, 0.15) is 17.1 Å². The van der Waals surface area contributed by atoms with Crippen LogP contribution in [0.25, 0.3) is 10.6 Å². The van der Waals surface area contributed by atoms with Gasteiger partial charge in [0.25, 0.3) is 0 Å². The maximum atomic E-state index is 12.9. The van der Waals surface area contributed by atoms with Crippen LogP contribution in [0.1, 0.15) is 20.9 Å². The van der Waals surface area contributed by atoms with Crippen molar-refractivity contribution < 1.29 is 22.7 Å². The highest BCUT2D eigenvalue weighted by atomic mass is 32.1. The zero-order valence-corrected chi connectivity index (χ0v) is 14.1. The second-order valence-electron chi connectivity index (χ2n) is 5.26. The Kier molecular flexibility index (Phi) is 4.38. The normalized spacial score (nSPS) is 11.6. The monoisotopic (exact) mass is 366 g/mol. The number of aryl methyl sites for hydroxylation is 1. The minimum Gasteiger partial charge on any atom is -0.497 e. The number of methoxy groups -OCH3 is 1. The smallest absolute Gasteiger partial charge is 0.433 e. The van der Waals surface area contributed by atoms with E-state index in [1.165, 1.54) is 14.2 Å². The van der Waals surface area contributed by atoms with E-state index < -0.39 is 11.9 Å². The SMILES string of the molecule is COc1ccc(C(=O)c2ccc(-c3cc(C(F)(F)F)n(C)n3)s2)cc1. The number of hydrogen-bond donors (Lipinski definition) is 0. The van der Waals surface area contributed by atoms with Crippen molar-refractivity contribution in [2.24, 2.45) is 7.05 Å². The molecule has 0 radical (unpaired) electrons. The summed E-state index contributed by atoms with van der Waals surface area (Å²) < 4.78 is 44.5. The van der Waals surface area contributed by atoms with Crippen molar-refractivity contribution in [1.29, 1.82) is 0 Å². The molecule has 2 aromatic heterocycles. The summed E-state index contributed by atoms with van der Waals surface area (Å²) in [5, 5.41) is 3.89. The lowest BCUT2D eigenvalue weighted by Gasteiger charge is -2.04. The molecule has 0 saturated carbocycles. The van der Waals surface area contributed by atoms with E-state index in [0.29, 0.717) is 21.1 Å². The van der Waals surface area contributed by atoms with Crippen molar-refractivity contribution in [2.75, 3.05) is 7.11 Å². The predicted octanol–water partition coefficient (Wildman–Crippen LogP) is 4.41. The summed E-state index contributed by atoms with van der Waals surface area (Å²) in [7, 11) is 2.77. The third kappa shape index (κ3) is 3.43. The minimum absolute atomic E-state index is 0.189. The highest BCUT2D eigenvalue weighted by Gasteiger charge is 2.35. The first-order chi connectivity index (χ1) is 11.8. The largest absolute Gasteiger partial charge is 0.497 e. The molecule has 0 unspecified atom stereocenters. The molecular weight excluding hydrogens is 353 g/mol. The fourth-order valence-corrected chi connectivity index (χ4v) is 3.26. The van der Waals surface area contributed by atoms with E-state index in [4.69, 9.17) is 4.74 Å². The molecule has 0 aliphatic rings. The molecule has 0 aliphatic heterocycles. The van der Waals surface area contributed by atoms with Gasteiger partial charge < -0.3 is 4.74 Å². The maximum Gasteiger partial charge on any atom is 0.433 e. The predicted molar refractivity (Wildman–Crippen MR) is 87.9 cm³/mol. The van der Waals surface area contributed by atoms with Crippen LogP contribution in [0.2, 0.25) is 0 Å². The van der Waals surface area contributed by atoms with E-state index in [1.807, 2.05) is 0 Å². The molecule has 0 amide bonds. The van der Waals surface area contributed by atoms with Crippen LogP contribution < -0.4 is 4.74 Å². The molecule has 3 aromatic rings. The molecule has 0 spiro atoms. The minimum atomic E-state index is -4.47. The second-order valence-corrected chi connectivity index (χ2v) is 6.34. The average molecular weight is 366 g/mol. The summed E-state index contributed by atoms with van der Waals surface area (Å²) in [5.41, 5.74) is -0.168. The molecule has 1 aromatic carbocycles. The number of thiophene rings is 1. The third-order valence-corrected chi connectivity index (χ3v) is 4.71. The summed E-state index contributed by atoms with van der Waals surface area (Å²) in [6.45, 7) is 0. The Morgan fingerprint density at radius 1 is 1.16 bits per heavy atom. The molecule has 2 heterocycles. The van der Waals surface area contributed by atoms with E-state index in [9.17, 15) is 18.0 Å². The number of carbonyl (C=O) groups is 1. The molecule has 0 N–H and O–H groups in total. The lowest BCUT2D eigenvalue weighted by molar-refractivity contribution is -0.143. The number of alkyl halides is 3. The van der Waals surface area contributed by atoms with E-state index in [0.717, 1.165) is 22.1 Å². The Balaban J connectivity index is 1.88. The first kappa shape index (κ1) is 17.2. The Labute approximate surface area is 145 Å². The van der Waals surface area contributed by atoms with Gasteiger partial charge in [-0.2, -0.15) is 18.3 Å². The average Bonchev–Trinajstić information content (AvgIpc) is 3.20. The summed E-state index contributed by atoms with van der Waals surface area (Å²) in [5.74, 6) is 0.433. The number of ketones is 1. The molecular formula is C17H13F3N2O2S. The summed E-state index contributed by atoms with van der Waals surface area (Å²) in [6.07, 6.45) is -4.47. The first-order valence-electron chi connectivity index (χ1n) is 7.20. The number of halogens is 3. The number of aromatic nitrogens is 2. The molecule has 0 aliphatic carbocycles. The van der Waals surface area contributed by atoms with Crippen molar-refractivity contribution in [3.63, 3.8) is 0 Å². The fourth-order valence-electron chi connectivity index (χ4n) is 2.34. The van der Waals surface area contributed by atoms with Crippen LogP contribution in [0.15, 0.2) is 42.5 Å². The van der Waals surface area contributed by atoms with Crippen molar-refractivity contribution in [2.45, 2.75) is 6.18 Å². The number of carbonyl (C=O) groups excluding carboxylic acids is 1. The molecule has 8 heteroatoms. The quantitative estimate of drug-likeness (QED) is 0.643.